The second-order valence-electron chi connectivity index (χ2n) is 35.9. The molecule has 15 atom stereocenters. The molecule has 1 aliphatic carbocycles. The average molecular weight is 1850 g/mol. The number of allylic oxidation sites excluding steroid dienone is 6. The zero-order chi connectivity index (χ0) is 95.3. The van der Waals surface area contributed by atoms with Gasteiger partial charge in [0.1, 0.15) is 59.6 Å². The predicted molar refractivity (Wildman–Crippen MR) is 495 cm³/mol. The number of aromatic nitrogens is 9. The van der Waals surface area contributed by atoms with E-state index in [1.165, 1.54) is 38.5 Å². The number of hydrogen-bond acceptors (Lipinski definition) is 33. The summed E-state index contributed by atoms with van der Waals surface area (Å²) in [5, 5.41) is 35.0. The summed E-state index contributed by atoms with van der Waals surface area (Å²) >= 11 is 0. The van der Waals surface area contributed by atoms with Gasteiger partial charge in [-0.1, -0.05) is 82.4 Å². The third kappa shape index (κ3) is 25.6. The number of hydrogen-bond donors (Lipinski definition) is 7. The van der Waals surface area contributed by atoms with Gasteiger partial charge in [0, 0.05) is 153 Å². The van der Waals surface area contributed by atoms with E-state index in [1.54, 1.807) is 59.3 Å². The summed E-state index contributed by atoms with van der Waals surface area (Å²) in [5.74, 6) is -7.84. The minimum Gasteiger partial charge on any atom is -0.459 e. The third-order valence-corrected chi connectivity index (χ3v) is 26.3. The molecule has 13 rings (SSSR count). The monoisotopic (exact) mass is 1850 g/mol. The van der Waals surface area contributed by atoms with Gasteiger partial charge in [-0.2, -0.15) is 10.1 Å². The van der Waals surface area contributed by atoms with Gasteiger partial charge in [0.05, 0.1) is 81.9 Å². The number of aliphatic hydroxyl groups is 2. The normalized spacial score (nSPS) is 26.8. The molecule has 0 spiro atoms. The van der Waals surface area contributed by atoms with Gasteiger partial charge in [-0.05, 0) is 142 Å². The largest absolute Gasteiger partial charge is 0.459 e. The number of Topliss-reactive ketones (excluding diaryl/α,β-unsaturated/α-hetero) is 3. The van der Waals surface area contributed by atoms with E-state index in [4.69, 9.17) is 69.3 Å². The van der Waals surface area contributed by atoms with Crippen LogP contribution in [0.1, 0.15) is 158 Å². The van der Waals surface area contributed by atoms with Crippen molar-refractivity contribution < 1.29 is 95.6 Å². The number of nitrogens with two attached hydrogens (primary N) is 3. The molecule has 38 nitrogen and oxygen atoms in total. The topological polar surface area (TPSA) is 496 Å². The molecule has 2 bridgehead atoms. The quantitative estimate of drug-likeness (QED) is 0.0113. The number of aliphatic hydroxyl groups excluding tert-OH is 1. The minimum absolute atomic E-state index is 0.000925. The van der Waals surface area contributed by atoms with Crippen LogP contribution in [0.2, 0.25) is 0 Å². The standard InChI is InChI=1S/C96H128N18O20/c1-57-15-11-10-12-16-58(2)77(125-7)47-70-23-18-62(6)96(124,134-70)86(119)90(121)113-29-14-13-17-73(113)91(122)131-78(48-74(115)59(3)42-61(5)84(118)85(127-9)83(117)60(4)41-57)71(97)44-63-20-24-76(79(45-63)126-8)133-95(123)105-51-65-49-101-93(102-50-65)110-31-33-111(34-32-110)94-103-52-69(53-104-94)89(120)100-28-36-129-38-40-130-39-37-128-35-27-80(116)112-30-26-66-43-64(19-21-68(66)55-112)54-114-88-81(87(98)106-56-107-88)82(109-114)67-22-25-75-72(46-67)108-92(99)132-75/h10-12,15-16,19,21-22,25,42-43,46,49-50,52-53,56-57,59-60,62-63,70-71,73,76-79,84-85,118,124H,13-14,17-18,20,23-24,26-41,44-45,47-48,51,54-55,97H2,1-9H3,(H2,99,108)(H,100,120)(H,105,123)(H2,98,106,107)/b12-10+,15-11+,58-16+,61-42+/t57-,59-,60-,62-,63+,70+,71-,73+,76-,77+,78+,79-,84-,85+,96-/m1/s1. The number of nitrogens with zero attached hydrogens (tertiary/aromatic N) is 13. The highest BCUT2D eigenvalue weighted by atomic mass is 16.6. The van der Waals surface area contributed by atoms with Crippen molar-refractivity contribution in [1.29, 1.82) is 0 Å². The van der Waals surface area contributed by atoms with E-state index in [1.807, 2.05) is 81.8 Å². The van der Waals surface area contributed by atoms with Gasteiger partial charge >= 0.3 is 12.1 Å². The summed E-state index contributed by atoms with van der Waals surface area (Å²) in [6, 6.07) is 9.62. The average Bonchev–Trinajstić information content (AvgIpc) is 1.60. The summed E-state index contributed by atoms with van der Waals surface area (Å²) in [5.41, 5.74) is 27.8. The fourth-order valence-electron chi connectivity index (χ4n) is 18.4. The van der Waals surface area contributed by atoms with Crippen molar-refractivity contribution in [3.8, 4) is 11.3 Å². The van der Waals surface area contributed by atoms with E-state index in [0.717, 1.165) is 27.2 Å². The SMILES string of the molecule is CO[C@H]1C[C@@H]2CC[C@@H](C)[C@@](O)(O2)C(=O)C(=O)N2CCCC[C@H]2C(=O)O[C@H]([C@H](N)C[C@@H]2CC[C@@H](OC(=O)NCc3cnc(N4CCN(c5ncc(C(=O)NCCOCCOCCOCCC(=O)N6CCc7cc(Cn8nc(-c9ccc%10oc(N)nc%10c9)c9c(N)ncnc98)ccc7C6)cn5)CC4)nc3)[C@H](OC)C2)CC(=O)[C@H](C)/C=C(\C)[C@@H](O)[C@@H](OC)C(=O)[C@H](C)C[C@H](C)/C=C/C=C/C=C/1C. The minimum atomic E-state index is -2.51. The first-order valence-corrected chi connectivity index (χ1v) is 46.4. The third-order valence-electron chi connectivity index (χ3n) is 26.3. The first-order valence-electron chi connectivity index (χ1n) is 46.4. The maximum atomic E-state index is 14.8. The lowest BCUT2D eigenvalue weighted by Gasteiger charge is -2.42. The second-order valence-corrected chi connectivity index (χ2v) is 35.9. The maximum absolute atomic E-state index is 14.8. The molecule has 722 valence electrons. The van der Waals surface area contributed by atoms with E-state index in [0.29, 0.717) is 192 Å². The molecule has 6 aliphatic rings. The molecular weight excluding hydrogens is 1730 g/mol. The van der Waals surface area contributed by atoms with Crippen LogP contribution in [0, 0.1) is 29.6 Å². The van der Waals surface area contributed by atoms with Gasteiger partial charge in [-0.15, -0.1) is 0 Å². The zero-order valence-corrected chi connectivity index (χ0v) is 77.9. The molecular formula is C96H128N18O20. The van der Waals surface area contributed by atoms with Crippen LogP contribution in [0.5, 0.6) is 0 Å². The van der Waals surface area contributed by atoms with Crippen molar-refractivity contribution in [3.05, 3.63) is 143 Å². The number of carbonyl (C=O) groups excluding carboxylic acids is 8. The van der Waals surface area contributed by atoms with Gasteiger partial charge in [0.2, 0.25) is 23.6 Å². The highest BCUT2D eigenvalue weighted by Crippen LogP contribution is 2.40. The molecule has 5 aliphatic heterocycles. The molecule has 0 unspecified atom stereocenters. The molecule has 10 N–H and O–H groups in total. The number of piperazine rings is 1. The van der Waals surface area contributed by atoms with Crippen molar-refractivity contribution in [1.82, 2.24) is 65.1 Å². The predicted octanol–water partition coefficient (Wildman–Crippen LogP) is 7.63. The van der Waals surface area contributed by atoms with Crippen LogP contribution in [-0.2, 0) is 97.5 Å². The molecule has 0 radical (unpaired) electrons. The Morgan fingerprint density at radius 3 is 2.16 bits per heavy atom. The number of rotatable bonds is 27. The Morgan fingerprint density at radius 1 is 0.716 bits per heavy atom. The summed E-state index contributed by atoms with van der Waals surface area (Å²) < 4.78 is 60.3. The van der Waals surface area contributed by atoms with Gasteiger partial charge < -0.3 is 105 Å². The van der Waals surface area contributed by atoms with Crippen LogP contribution in [0.4, 0.5) is 28.5 Å². The molecule has 134 heavy (non-hydrogen) atoms. The number of cyclic esters (lactones) is 1. The van der Waals surface area contributed by atoms with Crippen molar-refractivity contribution in [2.75, 3.05) is 128 Å². The number of ketones is 3. The number of nitrogens with one attached hydrogen (secondary N) is 2. The number of alkyl carbamates (subject to hydrolysis) is 1. The maximum Gasteiger partial charge on any atom is 0.407 e. The van der Waals surface area contributed by atoms with Crippen molar-refractivity contribution in [2.45, 2.75) is 212 Å². The molecule has 2 aromatic carbocycles. The Bertz CT molecular complexity index is 5350. The number of anilines is 4. The van der Waals surface area contributed by atoms with Gasteiger partial charge in [0.25, 0.3) is 23.6 Å². The first kappa shape index (κ1) is 100. The number of amides is 4. The Morgan fingerprint density at radius 2 is 1.44 bits per heavy atom. The number of benzene rings is 2. The number of ether oxygens (including phenoxy) is 9. The lowest BCUT2D eigenvalue weighted by atomic mass is 9.80. The van der Waals surface area contributed by atoms with E-state index < -0.39 is 108 Å². The summed E-state index contributed by atoms with van der Waals surface area (Å²) in [7, 11) is 4.43. The molecule has 3 saturated heterocycles. The van der Waals surface area contributed by atoms with E-state index in [9.17, 15) is 48.6 Å². The Hall–Kier alpha value is -11.5. The number of oxazole rings is 1. The Kier molecular flexibility index (Phi) is 35.2. The van der Waals surface area contributed by atoms with Crippen molar-refractivity contribution in [2.24, 2.45) is 35.3 Å². The van der Waals surface area contributed by atoms with Crippen LogP contribution in [0.15, 0.2) is 120 Å². The van der Waals surface area contributed by atoms with Crippen molar-refractivity contribution in [3.63, 3.8) is 0 Å². The van der Waals surface area contributed by atoms with Crippen LogP contribution in [0.25, 0.3) is 33.4 Å². The fourth-order valence-corrected chi connectivity index (χ4v) is 18.4. The first-order chi connectivity index (χ1) is 64.6. The molecule has 1 saturated carbocycles. The Labute approximate surface area is 779 Å². The Balaban J connectivity index is 0.508. The number of methoxy groups -OCH3 is 3. The lowest BCUT2D eigenvalue weighted by Crippen LogP contribution is -2.61. The van der Waals surface area contributed by atoms with E-state index >= 15 is 0 Å². The fraction of sp³-hybridized carbons (Fsp3) is 0.562. The number of piperidine rings is 1. The van der Waals surface area contributed by atoms with Gasteiger partial charge in [-0.25, -0.2) is 44.2 Å². The van der Waals surface area contributed by atoms with Gasteiger partial charge in [0.15, 0.2) is 17.0 Å². The molecule has 10 heterocycles. The zero-order valence-electron chi connectivity index (χ0n) is 77.9. The number of fused-ring (bicyclic) bond motifs is 6. The van der Waals surface area contributed by atoms with Crippen molar-refractivity contribution >= 4 is 93.0 Å². The highest BCUT2D eigenvalue weighted by Gasteiger charge is 2.53. The van der Waals surface area contributed by atoms with Crippen LogP contribution >= 0.6 is 0 Å². The van der Waals surface area contributed by atoms with Crippen LogP contribution in [-0.4, -0.2) is 279 Å². The molecule has 4 amide bonds. The molecule has 5 aromatic heterocycles. The molecule has 38 heteroatoms. The summed E-state index contributed by atoms with van der Waals surface area (Å²) in [6.07, 6.45) is 16.4. The van der Waals surface area contributed by atoms with Crippen LogP contribution < -0.4 is 37.6 Å². The van der Waals surface area contributed by atoms with E-state index in [2.05, 4.69) is 57.7 Å². The molecule has 7 aromatic rings. The summed E-state index contributed by atoms with van der Waals surface area (Å²) in [4.78, 5) is 150. The highest BCUT2D eigenvalue weighted by molar-refractivity contribution is 6.39. The van der Waals surface area contributed by atoms with Gasteiger partial charge in [-0.3, -0.25) is 28.8 Å². The molecule has 4 fully saturated rings. The van der Waals surface area contributed by atoms with E-state index in [-0.39, 0.29) is 100 Å². The summed E-state index contributed by atoms with van der Waals surface area (Å²) in [6.45, 7) is 16.4. The second kappa shape index (κ2) is 47.1. The number of carbonyl (C=O) groups is 8. The number of esters is 1. The number of nitrogen functional groups attached to an aromatic ring is 2. The smallest absolute Gasteiger partial charge is 0.407 e. The lowest BCUT2D eigenvalue weighted by molar-refractivity contribution is -0.265. The van der Waals surface area contributed by atoms with Crippen LogP contribution in [0.3, 0.4) is 0 Å².